The van der Waals surface area contributed by atoms with Gasteiger partial charge in [-0.1, -0.05) is 29.8 Å². The van der Waals surface area contributed by atoms with Gasteiger partial charge in [-0.2, -0.15) is 16.9 Å². The molecule has 0 aliphatic carbocycles. The Bertz CT molecular complexity index is 1190. The predicted molar refractivity (Wildman–Crippen MR) is 120 cm³/mol. The minimum atomic E-state index is -0.271. The molecule has 0 aliphatic rings. The topological polar surface area (TPSA) is 77.1 Å². The van der Waals surface area contributed by atoms with Gasteiger partial charge in [0.1, 0.15) is 5.69 Å². The molecule has 9 heteroatoms. The summed E-state index contributed by atoms with van der Waals surface area (Å²) in [6, 6.07) is 14.6. The van der Waals surface area contributed by atoms with E-state index >= 15 is 0 Å². The maximum absolute atomic E-state index is 13.1. The van der Waals surface area contributed by atoms with Gasteiger partial charge in [-0.3, -0.25) is 13.9 Å². The fourth-order valence-electron chi connectivity index (χ4n) is 3.30. The second-order valence-corrected chi connectivity index (χ2v) is 8.27. The van der Waals surface area contributed by atoms with Crippen molar-refractivity contribution >= 4 is 34.9 Å². The highest BCUT2D eigenvalue weighted by atomic mass is 35.5. The van der Waals surface area contributed by atoms with Gasteiger partial charge < -0.3 is 5.32 Å². The summed E-state index contributed by atoms with van der Waals surface area (Å²) in [5, 5.41) is 16.8. The number of hydrogen-bond acceptors (Lipinski definition) is 5. The van der Waals surface area contributed by atoms with Crippen LogP contribution in [0, 0.1) is 0 Å². The Hall–Kier alpha value is -2.84. The molecule has 3 heterocycles. The molecule has 0 saturated heterocycles. The molecule has 0 radical (unpaired) electrons. The first-order chi connectivity index (χ1) is 14.6. The summed E-state index contributed by atoms with van der Waals surface area (Å²) in [6.45, 7) is 0. The average Bonchev–Trinajstić information content (AvgIpc) is 3.35. The van der Waals surface area contributed by atoms with E-state index in [0.29, 0.717) is 22.2 Å². The van der Waals surface area contributed by atoms with E-state index in [0.717, 1.165) is 23.4 Å². The van der Waals surface area contributed by atoms with Gasteiger partial charge in [0.05, 0.1) is 11.7 Å². The van der Waals surface area contributed by atoms with Crippen molar-refractivity contribution < 1.29 is 4.79 Å². The summed E-state index contributed by atoms with van der Waals surface area (Å²) >= 11 is 7.82. The third-order valence-corrected chi connectivity index (χ3v) is 5.68. The number of aryl methyl sites for hydroxylation is 1. The molecule has 0 unspecified atom stereocenters. The molecule has 1 atom stereocenters. The number of aromatic nitrogens is 5. The van der Waals surface area contributed by atoms with Crippen LogP contribution in [0.2, 0.25) is 5.02 Å². The van der Waals surface area contributed by atoms with Gasteiger partial charge in [-0.25, -0.2) is 0 Å². The minimum absolute atomic E-state index is 0.211. The molecule has 0 spiro atoms. The van der Waals surface area contributed by atoms with E-state index in [4.69, 9.17) is 11.6 Å². The molecule has 7 nitrogen and oxygen atoms in total. The third kappa shape index (κ3) is 4.20. The second-order valence-electron chi connectivity index (χ2n) is 6.84. The van der Waals surface area contributed by atoms with Crippen molar-refractivity contribution in [2.24, 2.45) is 7.05 Å². The molecule has 4 aromatic rings. The number of benzene rings is 1. The number of amides is 1. The lowest BCUT2D eigenvalue weighted by Gasteiger charge is -2.17. The van der Waals surface area contributed by atoms with Crippen LogP contribution in [0.5, 0.6) is 0 Å². The fourth-order valence-corrected chi connectivity index (χ4v) is 3.96. The van der Waals surface area contributed by atoms with Gasteiger partial charge in [0.15, 0.2) is 11.5 Å². The summed E-state index contributed by atoms with van der Waals surface area (Å²) in [5.41, 5.74) is 2.77. The zero-order valence-electron chi connectivity index (χ0n) is 16.6. The number of rotatable bonds is 7. The van der Waals surface area contributed by atoms with Crippen LogP contribution in [0.1, 0.15) is 28.8 Å². The van der Waals surface area contributed by atoms with Crippen molar-refractivity contribution in [3.8, 4) is 11.3 Å². The number of carbonyl (C=O) groups excluding carboxylic acids is 1. The van der Waals surface area contributed by atoms with Gasteiger partial charge in [-0.15, -0.1) is 10.2 Å². The van der Waals surface area contributed by atoms with E-state index in [1.165, 1.54) is 0 Å². The van der Waals surface area contributed by atoms with Crippen LogP contribution in [0.15, 0.2) is 54.7 Å². The van der Waals surface area contributed by atoms with Crippen LogP contribution in [0.3, 0.4) is 0 Å². The lowest BCUT2D eigenvalue weighted by molar-refractivity contribution is 0.0924. The van der Waals surface area contributed by atoms with E-state index < -0.39 is 0 Å². The Morgan fingerprint density at radius 1 is 1.20 bits per heavy atom. The van der Waals surface area contributed by atoms with E-state index in [9.17, 15) is 4.79 Å². The van der Waals surface area contributed by atoms with Crippen molar-refractivity contribution in [1.82, 2.24) is 29.7 Å². The minimum Gasteiger partial charge on any atom is -0.341 e. The zero-order chi connectivity index (χ0) is 21.1. The first kappa shape index (κ1) is 20.4. The van der Waals surface area contributed by atoms with Gasteiger partial charge in [0.2, 0.25) is 0 Å². The molecule has 30 heavy (non-hydrogen) atoms. The zero-order valence-corrected chi connectivity index (χ0v) is 18.2. The van der Waals surface area contributed by atoms with Crippen molar-refractivity contribution in [3.05, 3.63) is 71.3 Å². The van der Waals surface area contributed by atoms with E-state index in [2.05, 4.69) is 20.6 Å². The Labute approximate surface area is 183 Å². The second kappa shape index (κ2) is 8.89. The van der Waals surface area contributed by atoms with Gasteiger partial charge in [0.25, 0.3) is 5.91 Å². The van der Waals surface area contributed by atoms with Crippen molar-refractivity contribution in [3.63, 3.8) is 0 Å². The number of nitrogens with zero attached hydrogens (tertiary/aromatic N) is 5. The smallest absolute Gasteiger partial charge is 0.270 e. The first-order valence-electron chi connectivity index (χ1n) is 9.46. The summed E-state index contributed by atoms with van der Waals surface area (Å²) in [4.78, 5) is 13.1. The van der Waals surface area contributed by atoms with Crippen LogP contribution in [-0.4, -0.2) is 42.3 Å². The van der Waals surface area contributed by atoms with Crippen LogP contribution < -0.4 is 5.32 Å². The standard InChI is InChI=1S/C21H21ClN6OS/c1-27-18(13-17(26-27)14-6-5-7-15(22)12-14)21(29)23-16(9-11-30-2)20-25-24-19-8-3-4-10-28(19)20/h3-8,10,12-13,16H,9,11H2,1-2H3,(H,23,29)/t16-/m0/s1. The number of nitrogens with one attached hydrogen (secondary N) is 1. The van der Waals surface area contributed by atoms with Gasteiger partial charge in [-0.05, 0) is 48.8 Å². The first-order valence-corrected chi connectivity index (χ1v) is 11.2. The molecule has 0 saturated carbocycles. The molecule has 1 N–H and O–H groups in total. The highest BCUT2D eigenvalue weighted by Gasteiger charge is 2.23. The Balaban J connectivity index is 1.61. The summed E-state index contributed by atoms with van der Waals surface area (Å²) in [5.74, 6) is 1.38. The van der Waals surface area contributed by atoms with Crippen LogP contribution in [0.25, 0.3) is 16.9 Å². The number of hydrogen-bond donors (Lipinski definition) is 1. The number of fused-ring (bicyclic) bond motifs is 1. The molecule has 0 fully saturated rings. The Morgan fingerprint density at radius 3 is 2.87 bits per heavy atom. The van der Waals surface area contributed by atoms with Crippen LogP contribution in [-0.2, 0) is 7.05 Å². The van der Waals surface area contributed by atoms with Crippen LogP contribution in [0.4, 0.5) is 0 Å². The summed E-state index contributed by atoms with van der Waals surface area (Å²) < 4.78 is 3.49. The summed E-state index contributed by atoms with van der Waals surface area (Å²) in [7, 11) is 1.76. The number of carbonyl (C=O) groups is 1. The molecular weight excluding hydrogens is 420 g/mol. The van der Waals surface area contributed by atoms with Gasteiger partial charge >= 0.3 is 0 Å². The normalized spacial score (nSPS) is 12.2. The lowest BCUT2D eigenvalue weighted by Crippen LogP contribution is -2.31. The van der Waals surface area contributed by atoms with Gasteiger partial charge in [0, 0.05) is 23.8 Å². The monoisotopic (exact) mass is 440 g/mol. The number of thioether (sulfide) groups is 1. The van der Waals surface area contributed by atoms with Crippen molar-refractivity contribution in [1.29, 1.82) is 0 Å². The molecule has 0 bridgehead atoms. The Morgan fingerprint density at radius 2 is 2.07 bits per heavy atom. The molecule has 3 aromatic heterocycles. The summed E-state index contributed by atoms with van der Waals surface area (Å²) in [6.07, 6.45) is 4.69. The van der Waals surface area contributed by atoms with E-state index in [1.54, 1.807) is 35.6 Å². The number of pyridine rings is 1. The van der Waals surface area contributed by atoms with Crippen LogP contribution >= 0.6 is 23.4 Å². The molecular formula is C21H21ClN6OS. The molecule has 4 rings (SSSR count). The maximum Gasteiger partial charge on any atom is 0.270 e. The fraction of sp³-hybridized carbons (Fsp3) is 0.238. The largest absolute Gasteiger partial charge is 0.341 e. The molecule has 0 aliphatic heterocycles. The highest BCUT2D eigenvalue weighted by molar-refractivity contribution is 7.98. The van der Waals surface area contributed by atoms with Crippen molar-refractivity contribution in [2.75, 3.05) is 12.0 Å². The lowest BCUT2D eigenvalue weighted by atomic mass is 10.1. The molecule has 154 valence electrons. The Kier molecular flexibility index (Phi) is 6.06. The van der Waals surface area contributed by atoms with E-state index in [-0.39, 0.29) is 11.9 Å². The quantitative estimate of drug-likeness (QED) is 0.470. The highest BCUT2D eigenvalue weighted by Crippen LogP contribution is 2.23. The number of halogens is 1. The molecule has 1 aromatic carbocycles. The SMILES string of the molecule is CSCC[C@H](NC(=O)c1cc(-c2cccc(Cl)c2)nn1C)c1nnc2ccccn12. The molecule has 1 amide bonds. The van der Waals surface area contributed by atoms with E-state index in [1.807, 2.05) is 53.3 Å². The third-order valence-electron chi connectivity index (χ3n) is 4.80. The maximum atomic E-state index is 13.1. The average molecular weight is 441 g/mol. The predicted octanol–water partition coefficient (Wildman–Crippen LogP) is 4.01. The van der Waals surface area contributed by atoms with Crippen molar-refractivity contribution in [2.45, 2.75) is 12.5 Å².